The summed E-state index contributed by atoms with van der Waals surface area (Å²) >= 11 is 0. The molecule has 1 N–H and O–H groups in total. The van der Waals surface area contributed by atoms with Crippen molar-refractivity contribution in [2.75, 3.05) is 19.6 Å². The molecule has 0 aliphatic carbocycles. The molecule has 0 radical (unpaired) electrons. The lowest BCUT2D eigenvalue weighted by molar-refractivity contribution is 0.00652. The largest absolute Gasteiger partial charge is 0.444 e. The summed E-state index contributed by atoms with van der Waals surface area (Å²) in [4.78, 5) is 14.2. The van der Waals surface area contributed by atoms with E-state index in [1.54, 1.807) is 4.90 Å². The van der Waals surface area contributed by atoms with Crippen LogP contribution in [-0.2, 0) is 4.74 Å². The van der Waals surface area contributed by atoms with Crippen LogP contribution in [0.15, 0.2) is 0 Å². The fourth-order valence-electron chi connectivity index (χ4n) is 1.83. The van der Waals surface area contributed by atoms with E-state index in [0.29, 0.717) is 17.9 Å². The third kappa shape index (κ3) is 8.62. The summed E-state index contributed by atoms with van der Waals surface area (Å²) in [6.45, 7) is 23.2. The van der Waals surface area contributed by atoms with Gasteiger partial charge in [-0.25, -0.2) is 4.79 Å². The molecule has 22 heavy (non-hydrogen) atoms. The molecule has 1 amide bonds. The predicted molar refractivity (Wildman–Crippen MR) is 94.2 cm³/mol. The van der Waals surface area contributed by atoms with Crippen LogP contribution < -0.4 is 5.32 Å². The average Bonchev–Trinajstić information content (AvgIpc) is 2.22. The highest BCUT2D eigenvalue weighted by Gasteiger charge is 2.30. The van der Waals surface area contributed by atoms with Gasteiger partial charge in [-0.3, -0.25) is 0 Å². The molecule has 0 saturated heterocycles. The van der Waals surface area contributed by atoms with Crippen LogP contribution in [0.4, 0.5) is 4.79 Å². The Morgan fingerprint density at radius 1 is 1.05 bits per heavy atom. The molecule has 0 aliphatic rings. The van der Waals surface area contributed by atoms with Gasteiger partial charge in [0.25, 0.3) is 0 Å². The molecule has 0 saturated carbocycles. The van der Waals surface area contributed by atoms with Crippen molar-refractivity contribution < 1.29 is 9.53 Å². The first-order chi connectivity index (χ1) is 9.64. The van der Waals surface area contributed by atoms with Crippen LogP contribution in [0.3, 0.4) is 0 Å². The Labute approximate surface area is 138 Å². The molecule has 1 atom stereocenters. The minimum Gasteiger partial charge on any atom is -0.444 e. The van der Waals surface area contributed by atoms with E-state index in [9.17, 15) is 4.79 Å². The van der Waals surface area contributed by atoms with Crippen molar-refractivity contribution in [3.63, 3.8) is 0 Å². The second kappa shape index (κ2) is 7.67. The summed E-state index contributed by atoms with van der Waals surface area (Å²) in [5, 5.41) is 3.46. The fourth-order valence-corrected chi connectivity index (χ4v) is 1.83. The maximum Gasteiger partial charge on any atom is 0.410 e. The normalized spacial score (nSPS) is 14.6. The Morgan fingerprint density at radius 3 is 1.91 bits per heavy atom. The Balaban J connectivity index is 4.49. The number of ether oxygens (including phenoxy) is 1. The van der Waals surface area contributed by atoms with Crippen LogP contribution in [0.2, 0.25) is 0 Å². The number of carbonyl (C=O) groups is 1. The molecule has 0 rings (SSSR count). The van der Waals surface area contributed by atoms with Crippen molar-refractivity contribution in [1.29, 1.82) is 0 Å². The van der Waals surface area contributed by atoms with Gasteiger partial charge < -0.3 is 15.0 Å². The number of rotatable bonds is 5. The third-order valence-corrected chi connectivity index (χ3v) is 3.86. The van der Waals surface area contributed by atoms with E-state index >= 15 is 0 Å². The molecule has 0 aromatic heterocycles. The molecule has 4 heteroatoms. The Kier molecular flexibility index (Phi) is 7.40. The van der Waals surface area contributed by atoms with Crippen molar-refractivity contribution in [2.45, 2.75) is 80.4 Å². The predicted octanol–water partition coefficient (Wildman–Crippen LogP) is 4.29. The Hall–Kier alpha value is -0.770. The fraction of sp³-hybridized carbons (Fsp3) is 0.944. The summed E-state index contributed by atoms with van der Waals surface area (Å²) in [6, 6.07) is 0. The zero-order valence-corrected chi connectivity index (χ0v) is 16.5. The van der Waals surface area contributed by atoms with Crippen molar-refractivity contribution in [3.05, 3.63) is 0 Å². The summed E-state index contributed by atoms with van der Waals surface area (Å²) in [7, 11) is 0. The van der Waals surface area contributed by atoms with Gasteiger partial charge in [-0.2, -0.15) is 0 Å². The van der Waals surface area contributed by atoms with Crippen molar-refractivity contribution in [2.24, 2.45) is 11.3 Å². The van der Waals surface area contributed by atoms with Gasteiger partial charge in [-0.15, -0.1) is 0 Å². The quantitative estimate of drug-likeness (QED) is 0.770. The Bertz CT molecular complexity index is 346. The van der Waals surface area contributed by atoms with Gasteiger partial charge in [0.15, 0.2) is 0 Å². The molecule has 0 heterocycles. The maximum absolute atomic E-state index is 12.4. The van der Waals surface area contributed by atoms with Gasteiger partial charge in [-0.1, -0.05) is 27.7 Å². The molecule has 0 spiro atoms. The topological polar surface area (TPSA) is 41.6 Å². The second-order valence-corrected chi connectivity index (χ2v) is 9.27. The standard InChI is InChI=1S/C18H38N2O2/c1-14(16(2,3)4)13-19-11-12-20(17(5,6)7)15(21)22-18(8,9)10/h14,19H,11-13H2,1-10H3. The number of amides is 1. The van der Waals surface area contributed by atoms with Gasteiger partial charge in [0.2, 0.25) is 0 Å². The molecule has 0 aromatic rings. The monoisotopic (exact) mass is 314 g/mol. The highest BCUT2D eigenvalue weighted by molar-refractivity contribution is 5.69. The van der Waals surface area contributed by atoms with Gasteiger partial charge in [0.1, 0.15) is 5.60 Å². The second-order valence-electron chi connectivity index (χ2n) is 9.27. The van der Waals surface area contributed by atoms with Gasteiger partial charge in [-0.05, 0) is 59.4 Å². The molecule has 1 unspecified atom stereocenters. The van der Waals surface area contributed by atoms with E-state index in [4.69, 9.17) is 4.74 Å². The Morgan fingerprint density at radius 2 is 1.55 bits per heavy atom. The van der Waals surface area contributed by atoms with E-state index in [2.05, 4.69) is 33.0 Å². The molecular weight excluding hydrogens is 276 g/mol. The lowest BCUT2D eigenvalue weighted by Gasteiger charge is -2.37. The summed E-state index contributed by atoms with van der Waals surface area (Å²) in [5.74, 6) is 0.581. The summed E-state index contributed by atoms with van der Waals surface area (Å²) < 4.78 is 5.52. The maximum atomic E-state index is 12.4. The molecule has 4 nitrogen and oxygen atoms in total. The van der Waals surface area contributed by atoms with Crippen LogP contribution in [-0.4, -0.2) is 41.8 Å². The first-order valence-corrected chi connectivity index (χ1v) is 8.36. The minimum atomic E-state index is -0.464. The lowest BCUT2D eigenvalue weighted by Crippen LogP contribution is -2.50. The first kappa shape index (κ1) is 21.2. The highest BCUT2D eigenvalue weighted by atomic mass is 16.6. The van der Waals surface area contributed by atoms with Gasteiger partial charge in [0.05, 0.1) is 0 Å². The molecule has 132 valence electrons. The number of carbonyl (C=O) groups excluding carboxylic acids is 1. The molecule has 0 aromatic carbocycles. The van der Waals surface area contributed by atoms with E-state index in [-0.39, 0.29) is 11.6 Å². The van der Waals surface area contributed by atoms with Crippen LogP contribution in [0, 0.1) is 11.3 Å². The minimum absolute atomic E-state index is 0.245. The average molecular weight is 315 g/mol. The smallest absolute Gasteiger partial charge is 0.410 e. The number of nitrogens with one attached hydrogen (secondary N) is 1. The van der Waals surface area contributed by atoms with E-state index < -0.39 is 5.60 Å². The van der Waals surface area contributed by atoms with Crippen molar-refractivity contribution in [3.8, 4) is 0 Å². The molecular formula is C18H38N2O2. The molecule has 0 bridgehead atoms. The van der Waals surface area contributed by atoms with Crippen LogP contribution in [0.25, 0.3) is 0 Å². The highest BCUT2D eigenvalue weighted by Crippen LogP contribution is 2.24. The zero-order valence-electron chi connectivity index (χ0n) is 16.5. The molecule has 0 fully saturated rings. The SMILES string of the molecule is CC(CNCCN(C(=O)OC(C)(C)C)C(C)(C)C)C(C)(C)C. The van der Waals surface area contributed by atoms with Crippen LogP contribution in [0.5, 0.6) is 0 Å². The third-order valence-electron chi connectivity index (χ3n) is 3.86. The lowest BCUT2D eigenvalue weighted by atomic mass is 9.82. The van der Waals surface area contributed by atoms with Crippen LogP contribution in [0.1, 0.15) is 69.2 Å². The van der Waals surface area contributed by atoms with Gasteiger partial charge in [0, 0.05) is 18.6 Å². The number of nitrogens with zero attached hydrogens (tertiary/aromatic N) is 1. The van der Waals surface area contributed by atoms with Crippen molar-refractivity contribution in [1.82, 2.24) is 10.2 Å². The zero-order chi connectivity index (χ0) is 17.8. The molecule has 0 aliphatic heterocycles. The van der Waals surface area contributed by atoms with Gasteiger partial charge >= 0.3 is 6.09 Å². The first-order valence-electron chi connectivity index (χ1n) is 8.36. The van der Waals surface area contributed by atoms with E-state index in [1.165, 1.54) is 0 Å². The summed E-state index contributed by atoms with van der Waals surface area (Å²) in [6.07, 6.45) is -0.245. The van der Waals surface area contributed by atoms with Crippen LogP contribution >= 0.6 is 0 Å². The summed E-state index contributed by atoms with van der Waals surface area (Å²) in [5.41, 5.74) is -0.420. The van der Waals surface area contributed by atoms with E-state index in [1.807, 2.05) is 41.5 Å². The van der Waals surface area contributed by atoms with Crippen molar-refractivity contribution >= 4 is 6.09 Å². The number of hydrogen-bond donors (Lipinski definition) is 1. The number of hydrogen-bond acceptors (Lipinski definition) is 3. The van der Waals surface area contributed by atoms with E-state index in [0.717, 1.165) is 13.1 Å².